The fourth-order valence-electron chi connectivity index (χ4n) is 4.30. The van der Waals surface area contributed by atoms with Crippen LogP contribution >= 0.6 is 11.3 Å². The number of anilines is 1. The third-order valence-electron chi connectivity index (χ3n) is 6.52. The van der Waals surface area contributed by atoms with Gasteiger partial charge in [-0.3, -0.25) is 15.1 Å². The van der Waals surface area contributed by atoms with Gasteiger partial charge in [0.15, 0.2) is 5.78 Å². The first kappa shape index (κ1) is 31.5. The molecule has 3 amide bonds. The Kier molecular flexibility index (Phi) is 11.9. The minimum atomic E-state index is -0.612. The van der Waals surface area contributed by atoms with Crippen molar-refractivity contribution in [2.24, 2.45) is 0 Å². The summed E-state index contributed by atoms with van der Waals surface area (Å²) >= 11 is 1.40. The number of ether oxygens (including phenoxy) is 1. The zero-order valence-electron chi connectivity index (χ0n) is 24.5. The summed E-state index contributed by atoms with van der Waals surface area (Å²) in [6.07, 6.45) is 2.99. The molecule has 2 aromatic rings. The number of likely N-dealkylation sites (N-methyl/N-ethyl adjacent to an activating group) is 1. The van der Waals surface area contributed by atoms with Crippen LogP contribution in [0.15, 0.2) is 29.1 Å². The van der Waals surface area contributed by atoms with E-state index < -0.39 is 11.7 Å². The molecule has 0 radical (unpaired) electrons. The minimum absolute atomic E-state index is 0.0807. The van der Waals surface area contributed by atoms with Gasteiger partial charge in [-0.1, -0.05) is 13.0 Å². The number of thiophene rings is 1. The molecule has 40 heavy (non-hydrogen) atoms. The number of Topliss-reactive ketones (excluding diaryl/α,β-unsaturated/α-hetero) is 1. The van der Waals surface area contributed by atoms with Gasteiger partial charge in [-0.2, -0.15) is 0 Å². The van der Waals surface area contributed by atoms with E-state index >= 15 is 0 Å². The van der Waals surface area contributed by atoms with Crippen molar-refractivity contribution in [2.45, 2.75) is 59.1 Å². The predicted octanol–water partition coefficient (Wildman–Crippen LogP) is 4.47. The maximum atomic E-state index is 13.0. The highest BCUT2D eigenvalue weighted by Gasteiger charge is 2.20. The van der Waals surface area contributed by atoms with E-state index in [1.54, 1.807) is 38.4 Å². The van der Waals surface area contributed by atoms with E-state index in [2.05, 4.69) is 32.5 Å². The third kappa shape index (κ3) is 10.5. The summed E-state index contributed by atoms with van der Waals surface area (Å²) in [5.74, 6) is -0.151. The van der Waals surface area contributed by atoms with Crippen molar-refractivity contribution in [3.63, 3.8) is 0 Å². The van der Waals surface area contributed by atoms with Crippen LogP contribution in [0.4, 0.5) is 15.3 Å². The lowest BCUT2D eigenvalue weighted by Gasteiger charge is -2.33. The Balaban J connectivity index is 1.56. The Bertz CT molecular complexity index is 1110. The number of carbonyl (C=O) groups is 3. The number of nitrogens with one attached hydrogen (secondary N) is 2. The molecule has 0 atom stereocenters. The van der Waals surface area contributed by atoms with Crippen LogP contribution in [0.25, 0.3) is 0 Å². The van der Waals surface area contributed by atoms with Crippen LogP contribution in [0.1, 0.15) is 62.2 Å². The van der Waals surface area contributed by atoms with E-state index in [4.69, 9.17) is 4.74 Å². The number of nitrogens with zero attached hydrogens (tertiary/aromatic N) is 4. The number of hydrogen-bond donors (Lipinski definition) is 2. The lowest BCUT2D eigenvalue weighted by atomic mass is 10.1. The van der Waals surface area contributed by atoms with E-state index in [1.807, 2.05) is 23.3 Å². The standard InChI is InChI=1S/C29H44N6O4S/c1-6-10-30-27(37)35(12-7-11-34-15-13-33(5)14-16-34)19-22-8-9-24(31-18-22)26(36)17-23-20-40-21-25(23)32-28(38)39-29(2,3)4/h8-9,18,20-21H,6-7,10-17,19H2,1-5H3,(H,30,37)(H,32,38). The SMILES string of the molecule is CCCNC(=O)N(CCCN1CCN(C)CC1)Cc1ccc(C(=O)Cc2cscc2NC(=O)OC(C)(C)C)nc1. The number of ketones is 1. The van der Waals surface area contributed by atoms with Gasteiger partial charge in [0, 0.05) is 63.8 Å². The highest BCUT2D eigenvalue weighted by Crippen LogP contribution is 2.23. The van der Waals surface area contributed by atoms with Crippen molar-refractivity contribution >= 4 is 34.9 Å². The van der Waals surface area contributed by atoms with E-state index in [-0.39, 0.29) is 18.2 Å². The lowest BCUT2D eigenvalue weighted by molar-refractivity contribution is 0.0635. The van der Waals surface area contributed by atoms with Crippen LogP contribution in [0.5, 0.6) is 0 Å². The summed E-state index contributed by atoms with van der Waals surface area (Å²) in [6, 6.07) is 3.48. The molecule has 220 valence electrons. The molecule has 0 aliphatic carbocycles. The van der Waals surface area contributed by atoms with E-state index in [0.29, 0.717) is 36.6 Å². The second-order valence-electron chi connectivity index (χ2n) is 11.2. The number of hydrogen-bond acceptors (Lipinski definition) is 8. The van der Waals surface area contributed by atoms with Crippen LogP contribution < -0.4 is 10.6 Å². The molecule has 10 nitrogen and oxygen atoms in total. The molecule has 2 N–H and O–H groups in total. The molecular formula is C29H44N6O4S. The first-order valence-electron chi connectivity index (χ1n) is 14.0. The van der Waals surface area contributed by atoms with Crippen molar-refractivity contribution in [3.05, 3.63) is 45.9 Å². The molecule has 3 rings (SSSR count). The van der Waals surface area contributed by atoms with Gasteiger partial charge in [-0.15, -0.1) is 11.3 Å². The van der Waals surface area contributed by atoms with Gasteiger partial charge in [0.25, 0.3) is 0 Å². The average molecular weight is 573 g/mol. The average Bonchev–Trinajstić information content (AvgIpc) is 3.32. The maximum absolute atomic E-state index is 13.0. The fourth-order valence-corrected chi connectivity index (χ4v) is 5.09. The van der Waals surface area contributed by atoms with E-state index in [0.717, 1.165) is 51.1 Å². The Labute approximate surface area is 242 Å². The van der Waals surface area contributed by atoms with Gasteiger partial charge >= 0.3 is 12.1 Å². The zero-order chi connectivity index (χ0) is 29.1. The first-order valence-corrected chi connectivity index (χ1v) is 14.9. The van der Waals surface area contributed by atoms with Crippen molar-refractivity contribution in [1.29, 1.82) is 0 Å². The quantitative estimate of drug-likeness (QED) is 0.361. The number of aromatic nitrogens is 1. The number of carbonyl (C=O) groups excluding carboxylic acids is 3. The number of urea groups is 1. The molecule has 0 saturated carbocycles. The first-order chi connectivity index (χ1) is 19.0. The monoisotopic (exact) mass is 572 g/mol. The van der Waals surface area contributed by atoms with Crippen LogP contribution in [0.2, 0.25) is 0 Å². The van der Waals surface area contributed by atoms with E-state index in [9.17, 15) is 14.4 Å². The van der Waals surface area contributed by atoms with Gasteiger partial charge in [0.2, 0.25) is 0 Å². The highest BCUT2D eigenvalue weighted by atomic mass is 32.1. The van der Waals surface area contributed by atoms with Crippen LogP contribution in [0.3, 0.4) is 0 Å². The van der Waals surface area contributed by atoms with Gasteiger partial charge in [-0.25, -0.2) is 9.59 Å². The van der Waals surface area contributed by atoms with Crippen LogP contribution in [-0.4, -0.2) is 96.1 Å². The minimum Gasteiger partial charge on any atom is -0.444 e. The molecule has 0 aromatic carbocycles. The molecule has 0 spiro atoms. The van der Waals surface area contributed by atoms with Gasteiger partial charge in [-0.05, 0) is 69.8 Å². The van der Waals surface area contributed by atoms with Crippen molar-refractivity contribution in [3.8, 4) is 0 Å². The molecule has 1 saturated heterocycles. The normalized spacial score (nSPS) is 14.5. The molecular weight excluding hydrogens is 528 g/mol. The summed E-state index contributed by atoms with van der Waals surface area (Å²) in [5.41, 5.74) is 1.87. The molecule has 1 aliphatic rings. The van der Waals surface area contributed by atoms with Crippen molar-refractivity contribution in [1.82, 2.24) is 25.0 Å². The Morgan fingerprint density at radius 2 is 1.88 bits per heavy atom. The Morgan fingerprint density at radius 1 is 1.12 bits per heavy atom. The number of piperazine rings is 1. The number of amides is 3. The van der Waals surface area contributed by atoms with E-state index in [1.165, 1.54) is 11.3 Å². The van der Waals surface area contributed by atoms with Gasteiger partial charge in [0.1, 0.15) is 11.3 Å². The third-order valence-corrected chi connectivity index (χ3v) is 7.32. The van der Waals surface area contributed by atoms with Crippen molar-refractivity contribution < 1.29 is 19.1 Å². The topological polar surface area (TPSA) is 107 Å². The molecule has 1 aliphatic heterocycles. The summed E-state index contributed by atoms with van der Waals surface area (Å²) in [6.45, 7) is 14.4. The summed E-state index contributed by atoms with van der Waals surface area (Å²) in [4.78, 5) is 49.0. The number of rotatable bonds is 12. The summed E-state index contributed by atoms with van der Waals surface area (Å²) < 4.78 is 5.32. The lowest BCUT2D eigenvalue weighted by Crippen LogP contribution is -2.46. The van der Waals surface area contributed by atoms with Gasteiger partial charge in [0.05, 0.1) is 5.69 Å². The molecule has 3 heterocycles. The maximum Gasteiger partial charge on any atom is 0.412 e. The van der Waals surface area contributed by atoms with Crippen molar-refractivity contribution in [2.75, 3.05) is 58.2 Å². The summed E-state index contributed by atoms with van der Waals surface area (Å²) in [7, 11) is 2.15. The number of pyridine rings is 1. The van der Waals surface area contributed by atoms with Gasteiger partial charge < -0.3 is 24.8 Å². The zero-order valence-corrected chi connectivity index (χ0v) is 25.3. The Morgan fingerprint density at radius 3 is 2.52 bits per heavy atom. The molecule has 0 unspecified atom stereocenters. The summed E-state index contributed by atoms with van der Waals surface area (Å²) in [5, 5.41) is 9.34. The van der Waals surface area contributed by atoms with Crippen LogP contribution in [0, 0.1) is 0 Å². The molecule has 11 heteroatoms. The molecule has 2 aromatic heterocycles. The second kappa shape index (κ2) is 15.1. The highest BCUT2D eigenvalue weighted by molar-refractivity contribution is 7.08. The molecule has 1 fully saturated rings. The van der Waals surface area contributed by atoms with Crippen LogP contribution in [-0.2, 0) is 17.7 Å². The smallest absolute Gasteiger partial charge is 0.412 e. The Hall–Kier alpha value is -3.02. The fraction of sp³-hybridized carbons (Fsp3) is 0.586. The molecule has 0 bridgehead atoms. The second-order valence-corrected chi connectivity index (χ2v) is 12.0. The largest absolute Gasteiger partial charge is 0.444 e. The predicted molar refractivity (Wildman–Crippen MR) is 159 cm³/mol.